The molecule has 1 aliphatic heterocycles. The second kappa shape index (κ2) is 11.6. The molecule has 2 N–H and O–H groups in total. The molecule has 13 heteroatoms. The van der Waals surface area contributed by atoms with Crippen molar-refractivity contribution in [2.75, 3.05) is 45.7 Å². The van der Waals surface area contributed by atoms with E-state index in [4.69, 9.17) is 31.5 Å². The highest BCUT2D eigenvalue weighted by atomic mass is 35.5. The smallest absolute Gasteiger partial charge is 0.336 e. The lowest BCUT2D eigenvalue weighted by Gasteiger charge is -2.31. The van der Waals surface area contributed by atoms with E-state index in [1.807, 2.05) is 24.3 Å². The zero-order chi connectivity index (χ0) is 25.7. The fraction of sp³-hybridized carbons (Fsp3) is 0.391. The number of aromatic nitrogens is 4. The molecule has 192 valence electrons. The summed E-state index contributed by atoms with van der Waals surface area (Å²) in [5.74, 6) is 0.112. The van der Waals surface area contributed by atoms with Gasteiger partial charge in [0, 0.05) is 43.9 Å². The van der Waals surface area contributed by atoms with Crippen LogP contribution in [0.15, 0.2) is 36.5 Å². The summed E-state index contributed by atoms with van der Waals surface area (Å²) in [7, 11) is 1.33. The van der Waals surface area contributed by atoms with Gasteiger partial charge in [0.15, 0.2) is 6.10 Å². The minimum Gasteiger partial charge on any atom is -0.492 e. The minimum absolute atomic E-state index is 0.0799. The first kappa shape index (κ1) is 25.7. The van der Waals surface area contributed by atoms with Gasteiger partial charge in [-0.1, -0.05) is 29.8 Å². The van der Waals surface area contributed by atoms with E-state index >= 15 is 0 Å². The monoisotopic (exact) mass is 522 g/mol. The van der Waals surface area contributed by atoms with Crippen molar-refractivity contribution in [3.63, 3.8) is 0 Å². The Kier molecular flexibility index (Phi) is 8.28. The van der Waals surface area contributed by atoms with Crippen LogP contribution in [0, 0.1) is 0 Å². The van der Waals surface area contributed by atoms with Gasteiger partial charge in [0.2, 0.25) is 5.95 Å². The number of para-hydroxylation sites is 1. The van der Waals surface area contributed by atoms with Crippen molar-refractivity contribution in [1.82, 2.24) is 24.6 Å². The summed E-state index contributed by atoms with van der Waals surface area (Å²) in [5.41, 5.74) is 7.43. The Morgan fingerprint density at radius 2 is 2.11 bits per heavy atom. The van der Waals surface area contributed by atoms with Crippen LogP contribution in [0.5, 0.6) is 5.75 Å². The molecule has 0 bridgehead atoms. The molecule has 1 fully saturated rings. The summed E-state index contributed by atoms with van der Waals surface area (Å²) < 4.78 is 43.7. The molecule has 0 saturated carbocycles. The lowest BCUT2D eigenvalue weighted by atomic mass is 10.0. The van der Waals surface area contributed by atoms with Crippen molar-refractivity contribution in [3.05, 3.63) is 52.8 Å². The average Bonchev–Trinajstić information content (AvgIpc) is 3.28. The Morgan fingerprint density at radius 1 is 1.31 bits per heavy atom. The fourth-order valence-electron chi connectivity index (χ4n) is 3.89. The van der Waals surface area contributed by atoms with Crippen LogP contribution in [0.3, 0.4) is 0 Å². The second-order valence-electron chi connectivity index (χ2n) is 8.01. The van der Waals surface area contributed by atoms with Gasteiger partial charge in [-0.25, -0.2) is 19.4 Å². The van der Waals surface area contributed by atoms with Gasteiger partial charge < -0.3 is 19.9 Å². The number of benzene rings is 1. The molecule has 1 aliphatic rings. The number of methoxy groups -OCH3 is 1. The van der Waals surface area contributed by atoms with E-state index in [0.717, 1.165) is 5.56 Å². The summed E-state index contributed by atoms with van der Waals surface area (Å²) in [6, 6.07) is 8.74. The number of alkyl halides is 2. The number of carbonyl (C=O) groups is 1. The van der Waals surface area contributed by atoms with Crippen LogP contribution >= 0.6 is 11.6 Å². The molecule has 0 radical (unpaired) electrons. The van der Waals surface area contributed by atoms with Crippen LogP contribution in [0.25, 0.3) is 11.4 Å². The second-order valence-corrected chi connectivity index (χ2v) is 8.40. The Labute approximate surface area is 210 Å². The molecule has 0 spiro atoms. The van der Waals surface area contributed by atoms with Gasteiger partial charge in [-0.2, -0.15) is 13.9 Å². The van der Waals surface area contributed by atoms with Crippen molar-refractivity contribution in [3.8, 4) is 17.1 Å². The first-order valence-corrected chi connectivity index (χ1v) is 11.5. The van der Waals surface area contributed by atoms with Crippen molar-refractivity contribution in [2.24, 2.45) is 0 Å². The zero-order valence-electron chi connectivity index (χ0n) is 19.4. The zero-order valence-corrected chi connectivity index (χ0v) is 20.2. The number of carbonyl (C=O) groups excluding carboxylic acids is 1. The van der Waals surface area contributed by atoms with Gasteiger partial charge in [0.05, 0.1) is 19.4 Å². The maximum Gasteiger partial charge on any atom is 0.336 e. The summed E-state index contributed by atoms with van der Waals surface area (Å²) >= 11 is 5.99. The quantitative estimate of drug-likeness (QED) is 0.334. The summed E-state index contributed by atoms with van der Waals surface area (Å²) in [5, 5.41) is 4.08. The Bertz CT molecular complexity index is 1190. The number of nitrogen functional groups attached to an aromatic ring is 1. The van der Waals surface area contributed by atoms with Crippen molar-refractivity contribution in [1.29, 1.82) is 0 Å². The maximum absolute atomic E-state index is 13.4. The number of nitrogens with zero attached hydrogens (tertiary/aromatic N) is 5. The third-order valence-electron chi connectivity index (χ3n) is 5.60. The van der Waals surface area contributed by atoms with Gasteiger partial charge in [0.1, 0.15) is 23.2 Å². The van der Waals surface area contributed by atoms with Crippen molar-refractivity contribution in [2.45, 2.75) is 19.1 Å². The number of nitrogens with two attached hydrogens (primary N) is 1. The number of hydrogen-bond acceptors (Lipinski definition) is 9. The SMILES string of the molecule is COC(=O)C1CN(CCOc2ccccc2Cc2cn(C(F)F)nc2-c2cc(Cl)nc(N)n2)CCO1. The summed E-state index contributed by atoms with van der Waals surface area (Å²) in [4.78, 5) is 21.7. The van der Waals surface area contributed by atoms with Crippen LogP contribution in [-0.2, 0) is 20.7 Å². The van der Waals surface area contributed by atoms with E-state index in [1.54, 1.807) is 0 Å². The molecule has 0 aliphatic carbocycles. The molecule has 10 nitrogen and oxygen atoms in total. The van der Waals surface area contributed by atoms with E-state index in [9.17, 15) is 13.6 Å². The van der Waals surface area contributed by atoms with Crippen molar-refractivity contribution < 1.29 is 27.8 Å². The number of anilines is 1. The van der Waals surface area contributed by atoms with Gasteiger partial charge >= 0.3 is 12.5 Å². The third-order valence-corrected chi connectivity index (χ3v) is 5.79. The lowest BCUT2D eigenvalue weighted by Crippen LogP contribution is -2.47. The minimum atomic E-state index is -2.83. The highest BCUT2D eigenvalue weighted by Crippen LogP contribution is 2.29. The normalized spacial score (nSPS) is 16.3. The number of morpholine rings is 1. The van der Waals surface area contributed by atoms with E-state index in [0.29, 0.717) is 48.8 Å². The highest BCUT2D eigenvalue weighted by Gasteiger charge is 2.27. The molecule has 4 rings (SSSR count). The molecule has 2 aromatic heterocycles. The lowest BCUT2D eigenvalue weighted by molar-refractivity contribution is -0.159. The van der Waals surface area contributed by atoms with Crippen LogP contribution in [-0.4, -0.2) is 76.7 Å². The molecule has 1 atom stereocenters. The van der Waals surface area contributed by atoms with Gasteiger partial charge in [-0.05, 0) is 11.6 Å². The molecule has 36 heavy (non-hydrogen) atoms. The molecule has 3 aromatic rings. The van der Waals surface area contributed by atoms with E-state index in [2.05, 4.69) is 20.0 Å². The Balaban J connectivity index is 1.49. The summed E-state index contributed by atoms with van der Waals surface area (Å²) in [6.45, 7) is -0.409. The predicted molar refractivity (Wildman–Crippen MR) is 127 cm³/mol. The fourth-order valence-corrected chi connectivity index (χ4v) is 4.08. The molecular formula is C23H25ClF2N6O4. The number of halogens is 3. The number of hydrogen-bond donors (Lipinski definition) is 1. The first-order valence-electron chi connectivity index (χ1n) is 11.1. The van der Waals surface area contributed by atoms with Gasteiger partial charge in [-0.15, -0.1) is 0 Å². The first-order chi connectivity index (χ1) is 17.3. The molecule has 3 heterocycles. The van der Waals surface area contributed by atoms with E-state index < -0.39 is 18.6 Å². The Morgan fingerprint density at radius 3 is 2.86 bits per heavy atom. The van der Waals surface area contributed by atoms with Gasteiger partial charge in [0.25, 0.3) is 0 Å². The number of ether oxygens (including phenoxy) is 3. The van der Waals surface area contributed by atoms with Crippen LogP contribution < -0.4 is 10.5 Å². The molecule has 0 amide bonds. The molecule has 1 saturated heterocycles. The Hall–Kier alpha value is -3.35. The van der Waals surface area contributed by atoms with Crippen LogP contribution in [0.4, 0.5) is 14.7 Å². The van der Waals surface area contributed by atoms with Crippen LogP contribution in [0.1, 0.15) is 17.7 Å². The number of rotatable bonds is 9. The standard InChI is InChI=1S/C23H25ClF2N6O4/c1-34-21(33)18-13-31(7-9-36-18)6-8-35-17-5-3-2-4-14(17)10-15-12-32(22(25)26)30-20(15)16-11-19(24)29-23(27)28-16/h2-5,11-12,18,22H,6-10,13H2,1H3,(H2,27,28,29). The highest BCUT2D eigenvalue weighted by molar-refractivity contribution is 6.29. The molecule has 1 unspecified atom stereocenters. The topological polar surface area (TPSA) is 118 Å². The van der Waals surface area contributed by atoms with E-state index in [1.165, 1.54) is 19.4 Å². The third kappa shape index (κ3) is 6.25. The van der Waals surface area contributed by atoms with E-state index in [-0.39, 0.29) is 28.9 Å². The average molecular weight is 523 g/mol. The largest absolute Gasteiger partial charge is 0.492 e. The molecular weight excluding hydrogens is 498 g/mol. The van der Waals surface area contributed by atoms with Crippen LogP contribution in [0.2, 0.25) is 5.15 Å². The summed E-state index contributed by atoms with van der Waals surface area (Å²) in [6.07, 6.45) is 0.899. The predicted octanol–water partition coefficient (Wildman–Crippen LogP) is 2.81. The van der Waals surface area contributed by atoms with Gasteiger partial charge in [-0.3, -0.25) is 4.90 Å². The number of esters is 1. The molecule has 1 aromatic carbocycles. The maximum atomic E-state index is 13.4. The van der Waals surface area contributed by atoms with Crippen molar-refractivity contribution >= 4 is 23.5 Å².